The summed E-state index contributed by atoms with van der Waals surface area (Å²) in [5.41, 5.74) is 7.78. The highest BCUT2D eigenvalue weighted by Gasteiger charge is 2.55. The van der Waals surface area contributed by atoms with E-state index in [4.69, 9.17) is 5.73 Å². The Kier molecular flexibility index (Phi) is 6.72. The molecule has 11 heteroatoms. The van der Waals surface area contributed by atoms with Gasteiger partial charge in [0.15, 0.2) is 0 Å². The van der Waals surface area contributed by atoms with E-state index in [9.17, 15) is 22.8 Å². The van der Waals surface area contributed by atoms with Crippen LogP contribution in [0, 0.1) is 11.3 Å². The highest BCUT2D eigenvalue weighted by atomic mass is 19.4. The zero-order valence-corrected chi connectivity index (χ0v) is 22.6. The number of benzene rings is 2. The Morgan fingerprint density at radius 3 is 2.41 bits per heavy atom. The predicted octanol–water partition coefficient (Wildman–Crippen LogP) is 4.17. The Morgan fingerprint density at radius 2 is 1.78 bits per heavy atom. The minimum atomic E-state index is -4.45. The number of nitrogens with zero attached hydrogens (tertiary/aromatic N) is 4. The van der Waals surface area contributed by atoms with Gasteiger partial charge in [-0.1, -0.05) is 30.3 Å². The first-order chi connectivity index (χ1) is 19.5. The van der Waals surface area contributed by atoms with Gasteiger partial charge in [-0.05, 0) is 54.2 Å². The summed E-state index contributed by atoms with van der Waals surface area (Å²) in [5, 5.41) is 2.93. The predicted molar refractivity (Wildman–Crippen MR) is 147 cm³/mol. The van der Waals surface area contributed by atoms with Crippen LogP contribution in [-0.2, 0) is 17.5 Å². The number of rotatable bonds is 7. The van der Waals surface area contributed by atoms with Crippen molar-refractivity contribution in [1.82, 2.24) is 20.2 Å². The first-order valence-corrected chi connectivity index (χ1v) is 13.7. The van der Waals surface area contributed by atoms with Gasteiger partial charge in [0, 0.05) is 44.1 Å². The van der Waals surface area contributed by atoms with E-state index in [2.05, 4.69) is 20.2 Å². The van der Waals surface area contributed by atoms with Crippen molar-refractivity contribution >= 4 is 17.6 Å². The van der Waals surface area contributed by atoms with Crippen LogP contribution in [0.4, 0.5) is 19.0 Å². The van der Waals surface area contributed by atoms with Crippen LogP contribution in [-0.4, -0.2) is 52.9 Å². The molecule has 3 aliphatic rings. The van der Waals surface area contributed by atoms with Gasteiger partial charge in [-0.3, -0.25) is 14.6 Å². The number of halogens is 3. The first kappa shape index (κ1) is 27.2. The van der Waals surface area contributed by atoms with Gasteiger partial charge in [0.2, 0.25) is 5.91 Å². The van der Waals surface area contributed by atoms with Gasteiger partial charge in [0.1, 0.15) is 11.5 Å². The summed E-state index contributed by atoms with van der Waals surface area (Å²) in [4.78, 5) is 38.0. The van der Waals surface area contributed by atoms with Crippen molar-refractivity contribution in [2.45, 2.75) is 38.5 Å². The largest absolute Gasteiger partial charge is 0.416 e. The summed E-state index contributed by atoms with van der Waals surface area (Å²) in [7, 11) is 0. The summed E-state index contributed by atoms with van der Waals surface area (Å²) in [6.45, 7) is 5.06. The molecule has 2 aromatic carbocycles. The summed E-state index contributed by atoms with van der Waals surface area (Å²) in [5.74, 6) is 0.778. The normalized spacial score (nSPS) is 18.5. The Bertz CT molecular complexity index is 1470. The molecule has 3 aromatic rings. The number of hydrogen-bond donors (Lipinski definition) is 2. The second-order valence-corrected chi connectivity index (χ2v) is 11.5. The summed E-state index contributed by atoms with van der Waals surface area (Å²) in [6, 6.07) is 10.2. The van der Waals surface area contributed by atoms with Gasteiger partial charge < -0.3 is 20.9 Å². The number of carbonyl (C=O) groups is 2. The summed E-state index contributed by atoms with van der Waals surface area (Å²) >= 11 is 0. The van der Waals surface area contributed by atoms with Crippen molar-refractivity contribution in [3.63, 3.8) is 0 Å². The molecule has 8 nitrogen and oxygen atoms in total. The lowest BCUT2D eigenvalue weighted by atomic mass is 9.72. The Hall–Kier alpha value is -3.99. The number of hydrogen-bond acceptors (Lipinski definition) is 6. The summed E-state index contributed by atoms with van der Waals surface area (Å²) < 4.78 is 39.8. The van der Waals surface area contributed by atoms with E-state index in [-0.39, 0.29) is 41.4 Å². The van der Waals surface area contributed by atoms with Crippen LogP contribution < -0.4 is 16.0 Å². The molecule has 41 heavy (non-hydrogen) atoms. The van der Waals surface area contributed by atoms with E-state index in [0.29, 0.717) is 22.5 Å². The molecule has 1 atom stereocenters. The number of likely N-dealkylation sites (tertiary alicyclic amines) is 1. The van der Waals surface area contributed by atoms with E-state index in [0.717, 1.165) is 56.7 Å². The second kappa shape index (κ2) is 10.1. The average molecular weight is 565 g/mol. The number of amides is 2. The monoisotopic (exact) mass is 564 g/mol. The smallest absolute Gasteiger partial charge is 0.354 e. The van der Waals surface area contributed by atoms with Crippen LogP contribution >= 0.6 is 0 Å². The van der Waals surface area contributed by atoms with Gasteiger partial charge in [0.25, 0.3) is 5.91 Å². The standard InChI is InChI=1S/C30H31F3N6O2/c1-18(19-2-4-20(5-3-19)24-10-23(30(31,32)33)9-8-22(24)11-34)36-27(40)25-12-35-13-26(37-25)38-14-29(15-38)16-39(17-29)28(41)21-6-7-21/h2-5,8-10,12-13,18,21H,6-7,11,14-17,34H2,1H3,(H,36,40)/t18-/m1/s1. The van der Waals surface area contributed by atoms with E-state index >= 15 is 0 Å². The molecule has 1 saturated carbocycles. The summed E-state index contributed by atoms with van der Waals surface area (Å²) in [6.07, 6.45) is 0.634. The zero-order valence-electron chi connectivity index (χ0n) is 22.6. The lowest BCUT2D eigenvalue weighted by Gasteiger charge is -2.60. The van der Waals surface area contributed by atoms with E-state index in [1.54, 1.807) is 30.5 Å². The molecule has 3 fully saturated rings. The fraction of sp³-hybridized carbons (Fsp3) is 0.400. The Balaban J connectivity index is 1.07. The van der Waals surface area contributed by atoms with Crippen LogP contribution in [0.3, 0.4) is 0 Å². The maximum atomic E-state index is 13.3. The van der Waals surface area contributed by atoms with Crippen LogP contribution in [0.2, 0.25) is 0 Å². The highest BCUT2D eigenvalue weighted by molar-refractivity contribution is 5.92. The lowest BCUT2D eigenvalue weighted by Crippen LogP contribution is -2.73. The van der Waals surface area contributed by atoms with Crippen LogP contribution in [0.1, 0.15) is 53.0 Å². The van der Waals surface area contributed by atoms with Crippen molar-refractivity contribution in [1.29, 1.82) is 0 Å². The minimum Gasteiger partial charge on any atom is -0.354 e. The quantitative estimate of drug-likeness (QED) is 0.447. The molecule has 214 valence electrons. The van der Waals surface area contributed by atoms with Gasteiger partial charge in [-0.25, -0.2) is 4.98 Å². The number of alkyl halides is 3. The molecule has 0 bridgehead atoms. The van der Waals surface area contributed by atoms with Gasteiger partial charge in [-0.15, -0.1) is 0 Å². The van der Waals surface area contributed by atoms with Crippen molar-refractivity contribution in [2.75, 3.05) is 31.1 Å². The van der Waals surface area contributed by atoms with Gasteiger partial charge in [0.05, 0.1) is 24.0 Å². The molecule has 0 radical (unpaired) electrons. The highest BCUT2D eigenvalue weighted by Crippen LogP contribution is 2.44. The van der Waals surface area contributed by atoms with Crippen molar-refractivity contribution in [3.8, 4) is 11.1 Å². The second-order valence-electron chi connectivity index (χ2n) is 11.5. The molecule has 1 aromatic heterocycles. The fourth-order valence-corrected chi connectivity index (χ4v) is 5.76. The van der Waals surface area contributed by atoms with Crippen molar-refractivity contribution in [2.24, 2.45) is 17.1 Å². The number of anilines is 1. The Morgan fingerprint density at radius 1 is 1.07 bits per heavy atom. The SMILES string of the molecule is C[C@@H](NC(=O)c1cncc(N2CC3(CN(C(=O)C4CC4)C3)C2)n1)c1ccc(-c2cc(C(F)(F)F)ccc2CN)cc1. The van der Waals surface area contributed by atoms with E-state index < -0.39 is 11.7 Å². The van der Waals surface area contributed by atoms with Crippen LogP contribution in [0.5, 0.6) is 0 Å². The Labute approximate surface area is 235 Å². The third-order valence-corrected chi connectivity index (χ3v) is 8.25. The topological polar surface area (TPSA) is 104 Å². The number of carbonyl (C=O) groups excluding carboxylic acids is 2. The van der Waals surface area contributed by atoms with E-state index in [1.807, 2.05) is 11.8 Å². The minimum absolute atomic E-state index is 0.110. The fourth-order valence-electron chi connectivity index (χ4n) is 5.76. The van der Waals surface area contributed by atoms with Crippen molar-refractivity contribution in [3.05, 3.63) is 77.2 Å². The molecule has 2 aliphatic heterocycles. The molecule has 3 N–H and O–H groups in total. The van der Waals surface area contributed by atoms with Crippen LogP contribution in [0.15, 0.2) is 54.9 Å². The lowest BCUT2D eigenvalue weighted by molar-refractivity contribution is -0.146. The molecule has 2 saturated heterocycles. The average Bonchev–Trinajstić information content (AvgIpc) is 3.76. The molecule has 1 spiro atoms. The van der Waals surface area contributed by atoms with Crippen LogP contribution in [0.25, 0.3) is 11.1 Å². The maximum Gasteiger partial charge on any atom is 0.416 e. The maximum absolute atomic E-state index is 13.3. The van der Waals surface area contributed by atoms with E-state index in [1.165, 1.54) is 12.3 Å². The molecule has 1 aliphatic carbocycles. The number of aromatic nitrogens is 2. The molecule has 6 rings (SSSR count). The number of nitrogens with one attached hydrogen (secondary N) is 1. The third-order valence-electron chi connectivity index (χ3n) is 8.25. The third kappa shape index (κ3) is 5.38. The molecular formula is C30H31F3N6O2. The molecular weight excluding hydrogens is 533 g/mol. The molecule has 2 amide bonds. The molecule has 0 unspecified atom stereocenters. The van der Waals surface area contributed by atoms with Crippen molar-refractivity contribution < 1.29 is 22.8 Å². The van der Waals surface area contributed by atoms with Gasteiger partial charge in [-0.2, -0.15) is 13.2 Å². The number of nitrogens with two attached hydrogens (primary N) is 1. The first-order valence-electron chi connectivity index (χ1n) is 13.7. The zero-order chi connectivity index (χ0) is 28.9. The molecule has 3 heterocycles. The van der Waals surface area contributed by atoms with Gasteiger partial charge >= 0.3 is 6.18 Å².